The number of hydrogen-bond acceptors (Lipinski definition) is 3. The molecular weight excluding hydrogens is 180 g/mol. The van der Waals surface area contributed by atoms with Crippen molar-refractivity contribution < 1.29 is 9.90 Å². The molecule has 0 saturated carbocycles. The predicted molar refractivity (Wildman–Crippen MR) is 55.3 cm³/mol. The van der Waals surface area contributed by atoms with E-state index in [9.17, 15) is 4.79 Å². The zero-order chi connectivity index (χ0) is 10.6. The van der Waals surface area contributed by atoms with Gasteiger partial charge in [-0.15, -0.1) is 0 Å². The minimum atomic E-state index is -0.716. The predicted octanol–water partition coefficient (Wildman–Crippen LogP) is 0.391. The summed E-state index contributed by atoms with van der Waals surface area (Å²) >= 11 is 0. The molecule has 1 aliphatic rings. The summed E-state index contributed by atoms with van der Waals surface area (Å²) in [6, 6.07) is -0.372. The summed E-state index contributed by atoms with van der Waals surface area (Å²) in [4.78, 5) is 13.2. The van der Waals surface area contributed by atoms with Crippen LogP contribution in [0.25, 0.3) is 0 Å². The lowest BCUT2D eigenvalue weighted by atomic mass is 9.91. The lowest BCUT2D eigenvalue weighted by molar-refractivity contribution is -0.141. The molecule has 82 valence electrons. The molecule has 0 aromatic rings. The van der Waals surface area contributed by atoms with Crippen molar-refractivity contribution >= 4 is 5.97 Å². The third kappa shape index (κ3) is 2.96. The standard InChI is InChI=1S/C10H20N2O2/c1-3-11-9(10(13)14)8-5-4-6-12(2)7-8/h8-9,11H,3-7H2,1-2H3,(H,13,14). The summed E-state index contributed by atoms with van der Waals surface area (Å²) in [5.41, 5.74) is 0. The molecule has 0 radical (unpaired) electrons. The number of nitrogens with one attached hydrogen (secondary N) is 1. The molecule has 2 N–H and O–H groups in total. The van der Waals surface area contributed by atoms with Crippen molar-refractivity contribution in [3.05, 3.63) is 0 Å². The SMILES string of the molecule is CCNC(C(=O)O)C1CCCN(C)C1. The Hall–Kier alpha value is -0.610. The van der Waals surface area contributed by atoms with Gasteiger partial charge in [0.2, 0.25) is 0 Å². The molecular formula is C10H20N2O2. The van der Waals surface area contributed by atoms with E-state index in [1.165, 1.54) is 0 Å². The van der Waals surface area contributed by atoms with Gasteiger partial charge in [-0.25, -0.2) is 0 Å². The van der Waals surface area contributed by atoms with Crippen LogP contribution in [-0.4, -0.2) is 48.7 Å². The molecule has 1 heterocycles. The Balaban J connectivity index is 2.53. The van der Waals surface area contributed by atoms with Crippen LogP contribution in [0.1, 0.15) is 19.8 Å². The summed E-state index contributed by atoms with van der Waals surface area (Å²) in [5.74, 6) is -0.460. The number of likely N-dealkylation sites (N-methyl/N-ethyl adjacent to an activating group) is 1. The van der Waals surface area contributed by atoms with Crippen LogP contribution in [0.5, 0.6) is 0 Å². The lowest BCUT2D eigenvalue weighted by Gasteiger charge is -2.33. The van der Waals surface area contributed by atoms with E-state index in [-0.39, 0.29) is 12.0 Å². The highest BCUT2D eigenvalue weighted by atomic mass is 16.4. The fourth-order valence-corrected chi connectivity index (χ4v) is 2.15. The lowest BCUT2D eigenvalue weighted by Crippen LogP contribution is -2.48. The molecule has 0 spiro atoms. The molecule has 0 aromatic carbocycles. The highest BCUT2D eigenvalue weighted by molar-refractivity contribution is 5.73. The van der Waals surface area contributed by atoms with Crippen molar-refractivity contribution in [2.24, 2.45) is 5.92 Å². The Morgan fingerprint density at radius 2 is 2.43 bits per heavy atom. The van der Waals surface area contributed by atoms with E-state index in [0.717, 1.165) is 32.5 Å². The maximum Gasteiger partial charge on any atom is 0.321 e. The molecule has 0 aliphatic carbocycles. The van der Waals surface area contributed by atoms with Crippen LogP contribution >= 0.6 is 0 Å². The van der Waals surface area contributed by atoms with Gasteiger partial charge in [-0.1, -0.05) is 6.92 Å². The highest BCUT2D eigenvalue weighted by Crippen LogP contribution is 2.18. The van der Waals surface area contributed by atoms with Gasteiger partial charge >= 0.3 is 5.97 Å². The number of hydrogen-bond donors (Lipinski definition) is 2. The van der Waals surface area contributed by atoms with E-state index in [1.807, 2.05) is 6.92 Å². The highest BCUT2D eigenvalue weighted by Gasteiger charge is 2.29. The van der Waals surface area contributed by atoms with Crippen molar-refractivity contribution in [2.75, 3.05) is 26.7 Å². The number of carboxylic acids is 1. The minimum absolute atomic E-state index is 0.256. The van der Waals surface area contributed by atoms with Gasteiger partial charge in [-0.3, -0.25) is 4.79 Å². The van der Waals surface area contributed by atoms with E-state index in [0.29, 0.717) is 0 Å². The minimum Gasteiger partial charge on any atom is -0.480 e. The van der Waals surface area contributed by atoms with E-state index >= 15 is 0 Å². The number of aliphatic carboxylic acids is 1. The molecule has 14 heavy (non-hydrogen) atoms. The van der Waals surface area contributed by atoms with E-state index in [4.69, 9.17) is 5.11 Å². The quantitative estimate of drug-likeness (QED) is 0.689. The molecule has 0 amide bonds. The van der Waals surface area contributed by atoms with Gasteiger partial charge in [0, 0.05) is 6.54 Å². The first-order valence-corrected chi connectivity index (χ1v) is 5.30. The molecule has 1 fully saturated rings. The van der Waals surface area contributed by atoms with Crippen LogP contribution in [0.3, 0.4) is 0 Å². The third-order valence-corrected chi connectivity index (χ3v) is 2.82. The van der Waals surface area contributed by atoms with Gasteiger partial charge in [0.05, 0.1) is 0 Å². The summed E-state index contributed by atoms with van der Waals surface area (Å²) < 4.78 is 0. The van der Waals surface area contributed by atoms with E-state index in [1.54, 1.807) is 0 Å². The summed E-state index contributed by atoms with van der Waals surface area (Å²) in [6.07, 6.45) is 2.13. The monoisotopic (exact) mass is 200 g/mol. The molecule has 4 heteroatoms. The molecule has 1 rings (SSSR count). The van der Waals surface area contributed by atoms with Gasteiger partial charge in [-0.05, 0) is 38.9 Å². The Morgan fingerprint density at radius 1 is 1.71 bits per heavy atom. The Bertz CT molecular complexity index is 197. The van der Waals surface area contributed by atoms with Gasteiger partial charge in [-0.2, -0.15) is 0 Å². The number of nitrogens with zero attached hydrogens (tertiary/aromatic N) is 1. The average Bonchev–Trinajstić information content (AvgIpc) is 2.13. The second-order valence-corrected chi connectivity index (χ2v) is 4.04. The Kier molecular flexibility index (Phi) is 4.35. The van der Waals surface area contributed by atoms with Gasteiger partial charge < -0.3 is 15.3 Å². The zero-order valence-corrected chi connectivity index (χ0v) is 8.99. The molecule has 1 saturated heterocycles. The first-order chi connectivity index (χ1) is 6.65. The summed E-state index contributed by atoms with van der Waals surface area (Å²) in [5, 5.41) is 12.1. The van der Waals surface area contributed by atoms with Crippen molar-refractivity contribution in [1.29, 1.82) is 0 Å². The van der Waals surface area contributed by atoms with Crippen molar-refractivity contribution in [1.82, 2.24) is 10.2 Å². The number of piperidine rings is 1. The Morgan fingerprint density at radius 3 is 2.93 bits per heavy atom. The summed E-state index contributed by atoms with van der Waals surface area (Å²) in [7, 11) is 2.05. The molecule has 0 aromatic heterocycles. The van der Waals surface area contributed by atoms with Gasteiger partial charge in [0.1, 0.15) is 6.04 Å². The van der Waals surface area contributed by atoms with Crippen LogP contribution in [0, 0.1) is 5.92 Å². The summed E-state index contributed by atoms with van der Waals surface area (Å²) in [6.45, 7) is 4.65. The topological polar surface area (TPSA) is 52.6 Å². The first kappa shape index (κ1) is 11.5. The van der Waals surface area contributed by atoms with E-state index in [2.05, 4.69) is 17.3 Å². The van der Waals surface area contributed by atoms with Crippen molar-refractivity contribution in [3.8, 4) is 0 Å². The number of rotatable bonds is 4. The van der Waals surface area contributed by atoms with Crippen LogP contribution in [-0.2, 0) is 4.79 Å². The molecule has 2 unspecified atom stereocenters. The normalized spacial score (nSPS) is 26.0. The van der Waals surface area contributed by atoms with E-state index < -0.39 is 5.97 Å². The van der Waals surface area contributed by atoms with Crippen LogP contribution < -0.4 is 5.32 Å². The fraction of sp³-hybridized carbons (Fsp3) is 0.900. The van der Waals surface area contributed by atoms with Crippen LogP contribution in [0.15, 0.2) is 0 Å². The van der Waals surface area contributed by atoms with Crippen molar-refractivity contribution in [2.45, 2.75) is 25.8 Å². The van der Waals surface area contributed by atoms with Crippen LogP contribution in [0.2, 0.25) is 0 Å². The van der Waals surface area contributed by atoms with Crippen LogP contribution in [0.4, 0.5) is 0 Å². The van der Waals surface area contributed by atoms with Crippen molar-refractivity contribution in [3.63, 3.8) is 0 Å². The fourth-order valence-electron chi connectivity index (χ4n) is 2.15. The number of carboxylic acid groups (broad SMARTS) is 1. The Labute approximate surface area is 85.3 Å². The smallest absolute Gasteiger partial charge is 0.321 e. The van der Waals surface area contributed by atoms with Gasteiger partial charge in [0.15, 0.2) is 0 Å². The second-order valence-electron chi connectivity index (χ2n) is 4.04. The maximum absolute atomic E-state index is 11.0. The molecule has 1 aliphatic heterocycles. The van der Waals surface area contributed by atoms with Gasteiger partial charge in [0.25, 0.3) is 0 Å². The molecule has 0 bridgehead atoms. The average molecular weight is 200 g/mol. The number of carbonyl (C=O) groups is 1. The third-order valence-electron chi connectivity index (χ3n) is 2.82. The molecule has 4 nitrogen and oxygen atoms in total. The maximum atomic E-state index is 11.0. The molecule has 2 atom stereocenters. The zero-order valence-electron chi connectivity index (χ0n) is 8.99. The number of likely N-dealkylation sites (tertiary alicyclic amines) is 1. The first-order valence-electron chi connectivity index (χ1n) is 5.30. The largest absolute Gasteiger partial charge is 0.480 e. The second kappa shape index (κ2) is 5.32.